The molecule has 28 heavy (non-hydrogen) atoms. The topological polar surface area (TPSA) is 44.3 Å². The molecule has 5 heteroatoms. The number of benzene rings is 1. The van der Waals surface area contributed by atoms with E-state index in [1.165, 1.54) is 31.1 Å². The molecule has 152 valence electrons. The normalized spacial score (nSPS) is 22.7. The SMILES string of the molecule is CN(C)CC(C)(C)CNc1nc(N2CC3CCC(CC3)C2)c2ccccc2n1. The monoisotopic (exact) mass is 381 g/mol. The number of anilines is 2. The van der Waals surface area contributed by atoms with E-state index < -0.39 is 0 Å². The number of fused-ring (bicyclic) bond motifs is 5. The van der Waals surface area contributed by atoms with Crippen LogP contribution in [0.1, 0.15) is 39.5 Å². The van der Waals surface area contributed by atoms with Crippen molar-refractivity contribution < 1.29 is 0 Å². The van der Waals surface area contributed by atoms with Crippen molar-refractivity contribution in [1.82, 2.24) is 14.9 Å². The second-order valence-electron chi connectivity index (χ2n) is 9.94. The van der Waals surface area contributed by atoms with E-state index in [4.69, 9.17) is 9.97 Å². The van der Waals surface area contributed by atoms with Gasteiger partial charge in [0.1, 0.15) is 5.82 Å². The fourth-order valence-electron chi connectivity index (χ4n) is 5.08. The Balaban J connectivity index is 1.62. The Morgan fingerprint density at radius 2 is 1.68 bits per heavy atom. The lowest BCUT2D eigenvalue weighted by atomic mass is 9.84. The number of aromatic nitrogens is 2. The fraction of sp³-hybridized carbons (Fsp3) is 0.652. The van der Waals surface area contributed by atoms with Crippen LogP contribution in [0.4, 0.5) is 11.8 Å². The van der Waals surface area contributed by atoms with Gasteiger partial charge >= 0.3 is 0 Å². The summed E-state index contributed by atoms with van der Waals surface area (Å²) in [6.45, 7) is 8.74. The Morgan fingerprint density at radius 3 is 2.32 bits per heavy atom. The molecule has 0 radical (unpaired) electrons. The minimum atomic E-state index is 0.153. The van der Waals surface area contributed by atoms with Gasteiger partial charge in [-0.05, 0) is 69.2 Å². The maximum atomic E-state index is 5.04. The molecule has 3 aliphatic rings. The maximum absolute atomic E-state index is 5.04. The molecule has 0 spiro atoms. The van der Waals surface area contributed by atoms with Crippen LogP contribution in [0.15, 0.2) is 24.3 Å². The minimum absolute atomic E-state index is 0.153. The third-order valence-electron chi connectivity index (χ3n) is 6.28. The largest absolute Gasteiger partial charge is 0.355 e. The second kappa shape index (κ2) is 7.86. The van der Waals surface area contributed by atoms with Crippen LogP contribution in [0.2, 0.25) is 0 Å². The summed E-state index contributed by atoms with van der Waals surface area (Å²) in [5.41, 5.74) is 1.19. The number of para-hydroxylation sites is 1. The summed E-state index contributed by atoms with van der Waals surface area (Å²) in [5, 5.41) is 4.72. The molecule has 1 N–H and O–H groups in total. The number of hydrogen-bond acceptors (Lipinski definition) is 5. The van der Waals surface area contributed by atoms with E-state index in [0.717, 1.165) is 55.3 Å². The zero-order valence-electron chi connectivity index (χ0n) is 17.9. The van der Waals surface area contributed by atoms with E-state index in [-0.39, 0.29) is 5.41 Å². The van der Waals surface area contributed by atoms with Crippen molar-refractivity contribution in [3.63, 3.8) is 0 Å². The van der Waals surface area contributed by atoms with Crippen molar-refractivity contribution in [2.24, 2.45) is 17.3 Å². The molecule has 1 aromatic carbocycles. The highest BCUT2D eigenvalue weighted by Crippen LogP contribution is 2.37. The fourth-order valence-corrected chi connectivity index (χ4v) is 5.08. The first-order valence-corrected chi connectivity index (χ1v) is 10.8. The van der Waals surface area contributed by atoms with Crippen LogP contribution in [0, 0.1) is 17.3 Å². The molecular formula is C23H35N5. The predicted octanol–water partition coefficient (Wildman–Crippen LogP) is 4.26. The van der Waals surface area contributed by atoms with Crippen molar-refractivity contribution in [2.75, 3.05) is 50.5 Å². The molecule has 2 saturated heterocycles. The molecule has 3 fully saturated rings. The lowest BCUT2D eigenvalue weighted by Crippen LogP contribution is -2.35. The zero-order valence-corrected chi connectivity index (χ0v) is 17.9. The quantitative estimate of drug-likeness (QED) is 0.810. The number of nitrogens with one attached hydrogen (secondary N) is 1. The summed E-state index contributed by atoms with van der Waals surface area (Å²) >= 11 is 0. The smallest absolute Gasteiger partial charge is 0.225 e. The van der Waals surface area contributed by atoms with E-state index in [0.29, 0.717) is 0 Å². The van der Waals surface area contributed by atoms with Crippen molar-refractivity contribution in [3.05, 3.63) is 24.3 Å². The molecule has 0 unspecified atom stereocenters. The molecular weight excluding hydrogens is 346 g/mol. The molecule has 2 bridgehead atoms. The minimum Gasteiger partial charge on any atom is -0.355 e. The molecule has 1 aromatic heterocycles. The molecule has 5 rings (SSSR count). The van der Waals surface area contributed by atoms with Crippen LogP contribution in [-0.4, -0.2) is 55.1 Å². The Hall–Kier alpha value is -1.88. The van der Waals surface area contributed by atoms with Gasteiger partial charge in [-0.3, -0.25) is 0 Å². The van der Waals surface area contributed by atoms with Gasteiger partial charge < -0.3 is 15.1 Å². The molecule has 2 aliphatic heterocycles. The van der Waals surface area contributed by atoms with Gasteiger partial charge in [0.2, 0.25) is 5.95 Å². The van der Waals surface area contributed by atoms with Crippen molar-refractivity contribution >= 4 is 22.7 Å². The van der Waals surface area contributed by atoms with Gasteiger partial charge in [-0.2, -0.15) is 4.98 Å². The predicted molar refractivity (Wildman–Crippen MR) is 118 cm³/mol. The van der Waals surface area contributed by atoms with Crippen LogP contribution in [-0.2, 0) is 0 Å². The highest BCUT2D eigenvalue weighted by molar-refractivity contribution is 5.90. The highest BCUT2D eigenvalue weighted by atomic mass is 15.2. The van der Waals surface area contributed by atoms with E-state index in [9.17, 15) is 0 Å². The number of nitrogens with zero attached hydrogens (tertiary/aromatic N) is 4. The highest BCUT2D eigenvalue weighted by Gasteiger charge is 2.31. The third-order valence-corrected chi connectivity index (χ3v) is 6.28. The van der Waals surface area contributed by atoms with E-state index in [1.807, 2.05) is 0 Å². The Morgan fingerprint density at radius 1 is 1.04 bits per heavy atom. The molecule has 1 saturated carbocycles. The van der Waals surface area contributed by atoms with Crippen molar-refractivity contribution in [3.8, 4) is 0 Å². The first-order valence-electron chi connectivity index (χ1n) is 10.8. The summed E-state index contributed by atoms with van der Waals surface area (Å²) in [5.74, 6) is 3.53. The van der Waals surface area contributed by atoms with E-state index in [2.05, 4.69) is 67.3 Å². The van der Waals surface area contributed by atoms with Crippen LogP contribution in [0.3, 0.4) is 0 Å². The first kappa shape index (κ1) is 19.4. The van der Waals surface area contributed by atoms with Crippen LogP contribution >= 0.6 is 0 Å². The Bertz CT molecular complexity index is 794. The summed E-state index contributed by atoms with van der Waals surface area (Å²) < 4.78 is 0. The van der Waals surface area contributed by atoms with Gasteiger partial charge in [-0.1, -0.05) is 26.0 Å². The molecule has 2 aromatic rings. The van der Waals surface area contributed by atoms with Crippen molar-refractivity contribution in [2.45, 2.75) is 39.5 Å². The van der Waals surface area contributed by atoms with Crippen molar-refractivity contribution in [1.29, 1.82) is 0 Å². The molecule has 1 aliphatic carbocycles. The first-order chi connectivity index (χ1) is 13.4. The third kappa shape index (κ3) is 4.40. The van der Waals surface area contributed by atoms with E-state index >= 15 is 0 Å². The zero-order chi connectivity index (χ0) is 19.7. The summed E-state index contributed by atoms with van der Waals surface area (Å²) in [4.78, 5) is 14.7. The molecule has 0 atom stereocenters. The van der Waals surface area contributed by atoms with Crippen LogP contribution in [0.25, 0.3) is 10.9 Å². The van der Waals surface area contributed by atoms with Gasteiger partial charge in [0.25, 0.3) is 0 Å². The molecule has 0 amide bonds. The second-order valence-corrected chi connectivity index (χ2v) is 9.94. The summed E-state index contributed by atoms with van der Waals surface area (Å²) in [7, 11) is 4.25. The Kier molecular flexibility index (Phi) is 5.46. The summed E-state index contributed by atoms with van der Waals surface area (Å²) in [6, 6.07) is 8.47. The standard InChI is InChI=1S/C23H35N5/c1-23(2,16-27(3)4)15-24-22-25-20-8-6-5-7-19(20)21(26-22)28-13-17-9-10-18(14-28)12-11-17/h5-8,17-18H,9-16H2,1-4H3,(H,24,25,26). The number of hydrogen-bond donors (Lipinski definition) is 1. The van der Waals surface area contributed by atoms with Gasteiger partial charge in [-0.25, -0.2) is 4.98 Å². The Labute approximate surface area is 169 Å². The lowest BCUT2D eigenvalue weighted by Gasteiger charge is -2.29. The maximum Gasteiger partial charge on any atom is 0.225 e. The summed E-state index contributed by atoms with van der Waals surface area (Å²) in [6.07, 6.45) is 5.53. The average Bonchev–Trinajstić information content (AvgIpc) is 2.98. The van der Waals surface area contributed by atoms with Crippen LogP contribution in [0.5, 0.6) is 0 Å². The van der Waals surface area contributed by atoms with Gasteiger partial charge in [0, 0.05) is 31.6 Å². The van der Waals surface area contributed by atoms with E-state index in [1.54, 1.807) is 0 Å². The lowest BCUT2D eigenvalue weighted by molar-refractivity contribution is 0.254. The van der Waals surface area contributed by atoms with Crippen LogP contribution < -0.4 is 10.2 Å². The van der Waals surface area contributed by atoms with Gasteiger partial charge in [0.05, 0.1) is 5.52 Å². The number of rotatable bonds is 6. The molecule has 5 nitrogen and oxygen atoms in total. The van der Waals surface area contributed by atoms with Gasteiger partial charge in [0.15, 0.2) is 0 Å². The molecule has 3 heterocycles. The average molecular weight is 382 g/mol. The van der Waals surface area contributed by atoms with Gasteiger partial charge in [-0.15, -0.1) is 0 Å².